The molecule has 0 bridgehead atoms. The van der Waals surface area contributed by atoms with E-state index < -0.39 is 0 Å². The van der Waals surface area contributed by atoms with E-state index in [4.69, 9.17) is 4.74 Å². The minimum Gasteiger partial charge on any atom is -0.472 e. The molecule has 0 saturated heterocycles. The van der Waals surface area contributed by atoms with Crippen LogP contribution in [0, 0.1) is 0 Å². The number of thiophene rings is 1. The summed E-state index contributed by atoms with van der Waals surface area (Å²) in [5.74, 6) is 0.691. The summed E-state index contributed by atoms with van der Waals surface area (Å²) in [5.41, 5.74) is 1.05. The Balaban J connectivity index is 2.08. The van der Waals surface area contributed by atoms with Crippen molar-refractivity contribution in [2.24, 2.45) is 0 Å². The van der Waals surface area contributed by atoms with Gasteiger partial charge in [-0.2, -0.15) is 0 Å². The fourth-order valence-electron chi connectivity index (χ4n) is 1.45. The molecule has 2 heterocycles. The fraction of sp³-hybridized carbons (Fsp3) is 0.250. The van der Waals surface area contributed by atoms with Gasteiger partial charge in [-0.15, -0.1) is 11.3 Å². The third-order valence-electron chi connectivity index (χ3n) is 2.19. The summed E-state index contributed by atoms with van der Waals surface area (Å²) in [6, 6.07) is 6.10. The van der Waals surface area contributed by atoms with E-state index in [9.17, 15) is 0 Å². The zero-order valence-corrected chi connectivity index (χ0v) is 11.8. The fourth-order valence-corrected chi connectivity index (χ4v) is 2.44. The number of rotatable bonds is 5. The number of hydrogen-bond acceptors (Lipinski definition) is 4. The molecule has 0 amide bonds. The number of nitrogens with zero attached hydrogens (tertiary/aromatic N) is 1. The lowest BCUT2D eigenvalue weighted by Crippen LogP contribution is -2.08. The van der Waals surface area contributed by atoms with Gasteiger partial charge in [0.05, 0.1) is 0 Å². The molecule has 17 heavy (non-hydrogen) atoms. The van der Waals surface area contributed by atoms with Crippen molar-refractivity contribution in [1.29, 1.82) is 0 Å². The summed E-state index contributed by atoms with van der Waals surface area (Å²) in [6.07, 6.45) is 1.75. The first-order valence-electron chi connectivity index (χ1n) is 5.24. The van der Waals surface area contributed by atoms with Gasteiger partial charge in [-0.25, -0.2) is 4.98 Å². The van der Waals surface area contributed by atoms with Gasteiger partial charge < -0.3 is 10.1 Å². The Kier molecular flexibility index (Phi) is 4.53. The highest BCUT2D eigenvalue weighted by atomic mass is 79.9. The van der Waals surface area contributed by atoms with Crippen LogP contribution in [0.1, 0.15) is 10.4 Å². The maximum absolute atomic E-state index is 5.73. The summed E-state index contributed by atoms with van der Waals surface area (Å²) < 4.78 is 6.69. The SMILES string of the molecule is CNCc1cc(Br)cnc1OCc1cccs1. The van der Waals surface area contributed by atoms with Crippen molar-refractivity contribution in [2.75, 3.05) is 7.05 Å². The molecule has 0 unspecified atom stereocenters. The molecule has 90 valence electrons. The Hall–Kier alpha value is -0.910. The van der Waals surface area contributed by atoms with Crippen molar-refractivity contribution in [1.82, 2.24) is 10.3 Å². The zero-order valence-electron chi connectivity index (χ0n) is 9.44. The molecule has 0 atom stereocenters. The number of pyridine rings is 1. The largest absolute Gasteiger partial charge is 0.472 e. The maximum atomic E-state index is 5.73. The van der Waals surface area contributed by atoms with Crippen LogP contribution in [-0.2, 0) is 13.2 Å². The van der Waals surface area contributed by atoms with Crippen molar-refractivity contribution < 1.29 is 4.74 Å². The number of halogens is 1. The van der Waals surface area contributed by atoms with Gasteiger partial charge in [-0.3, -0.25) is 0 Å². The van der Waals surface area contributed by atoms with E-state index in [-0.39, 0.29) is 0 Å². The smallest absolute Gasteiger partial charge is 0.218 e. The van der Waals surface area contributed by atoms with Crippen LogP contribution < -0.4 is 10.1 Å². The van der Waals surface area contributed by atoms with Crippen LogP contribution in [0.15, 0.2) is 34.2 Å². The minimum atomic E-state index is 0.572. The van der Waals surface area contributed by atoms with E-state index in [2.05, 4.69) is 32.3 Å². The Labute approximate surface area is 113 Å². The van der Waals surface area contributed by atoms with Gasteiger partial charge in [0.15, 0.2) is 0 Å². The van der Waals surface area contributed by atoms with Crippen molar-refractivity contribution in [3.63, 3.8) is 0 Å². The zero-order chi connectivity index (χ0) is 12.1. The quantitative estimate of drug-likeness (QED) is 0.920. The van der Waals surface area contributed by atoms with Crippen LogP contribution in [-0.4, -0.2) is 12.0 Å². The molecule has 2 aromatic rings. The lowest BCUT2D eigenvalue weighted by Gasteiger charge is -2.09. The first kappa shape index (κ1) is 12.5. The van der Waals surface area contributed by atoms with Crippen LogP contribution in [0.3, 0.4) is 0 Å². The second-order valence-corrected chi connectivity index (χ2v) is 5.46. The molecule has 0 aromatic carbocycles. The van der Waals surface area contributed by atoms with Crippen molar-refractivity contribution in [2.45, 2.75) is 13.2 Å². The van der Waals surface area contributed by atoms with Crippen molar-refractivity contribution in [3.8, 4) is 5.88 Å². The Morgan fingerprint density at radius 3 is 3.12 bits per heavy atom. The average Bonchev–Trinajstić information content (AvgIpc) is 2.81. The lowest BCUT2D eigenvalue weighted by molar-refractivity contribution is 0.293. The molecule has 0 radical (unpaired) electrons. The third kappa shape index (κ3) is 3.52. The number of ether oxygens (including phenoxy) is 1. The van der Waals surface area contributed by atoms with Crippen LogP contribution in [0.25, 0.3) is 0 Å². The van der Waals surface area contributed by atoms with Crippen LogP contribution in [0.4, 0.5) is 0 Å². The number of hydrogen-bond donors (Lipinski definition) is 1. The van der Waals surface area contributed by atoms with Gasteiger partial charge in [0.2, 0.25) is 5.88 Å². The van der Waals surface area contributed by atoms with Gasteiger partial charge in [-0.1, -0.05) is 6.07 Å². The molecule has 0 aliphatic rings. The molecule has 0 aliphatic heterocycles. The predicted octanol–water partition coefficient (Wildman–Crippen LogP) is 3.20. The van der Waals surface area contributed by atoms with E-state index in [1.54, 1.807) is 17.5 Å². The molecule has 0 aliphatic carbocycles. The van der Waals surface area contributed by atoms with Crippen molar-refractivity contribution in [3.05, 3.63) is 44.7 Å². The van der Waals surface area contributed by atoms with Gasteiger partial charge in [0, 0.05) is 27.7 Å². The van der Waals surface area contributed by atoms with Crippen molar-refractivity contribution >= 4 is 27.3 Å². The molecule has 2 rings (SSSR count). The van der Waals surface area contributed by atoms with E-state index in [1.165, 1.54) is 4.88 Å². The van der Waals surface area contributed by atoms with Gasteiger partial charge in [0.1, 0.15) is 6.61 Å². The molecule has 1 N–H and O–H groups in total. The number of nitrogens with one attached hydrogen (secondary N) is 1. The molecule has 0 fully saturated rings. The monoisotopic (exact) mass is 312 g/mol. The lowest BCUT2D eigenvalue weighted by atomic mass is 10.3. The van der Waals surface area contributed by atoms with Gasteiger partial charge in [-0.05, 0) is 40.5 Å². The first-order chi connectivity index (χ1) is 8.29. The minimum absolute atomic E-state index is 0.572. The molecule has 3 nitrogen and oxygen atoms in total. The van der Waals surface area contributed by atoms with Crippen LogP contribution in [0.2, 0.25) is 0 Å². The summed E-state index contributed by atoms with van der Waals surface area (Å²) in [4.78, 5) is 5.49. The van der Waals surface area contributed by atoms with Crippen LogP contribution in [0.5, 0.6) is 5.88 Å². The van der Waals surface area contributed by atoms with E-state index in [0.29, 0.717) is 12.5 Å². The van der Waals surface area contributed by atoms with E-state index in [1.807, 2.05) is 24.6 Å². The molecular formula is C12H13BrN2OS. The summed E-state index contributed by atoms with van der Waals surface area (Å²) in [5, 5.41) is 5.15. The summed E-state index contributed by atoms with van der Waals surface area (Å²) >= 11 is 5.10. The van der Waals surface area contributed by atoms with E-state index >= 15 is 0 Å². The van der Waals surface area contributed by atoms with Crippen LogP contribution >= 0.6 is 27.3 Å². The summed E-state index contributed by atoms with van der Waals surface area (Å²) in [6.45, 7) is 1.31. The molecule has 2 aromatic heterocycles. The van der Waals surface area contributed by atoms with E-state index in [0.717, 1.165) is 16.6 Å². The third-order valence-corrected chi connectivity index (χ3v) is 3.47. The molecular weight excluding hydrogens is 300 g/mol. The second-order valence-electron chi connectivity index (χ2n) is 3.52. The molecule has 5 heteroatoms. The topological polar surface area (TPSA) is 34.2 Å². The Morgan fingerprint density at radius 1 is 1.53 bits per heavy atom. The highest BCUT2D eigenvalue weighted by Gasteiger charge is 2.06. The molecule has 0 spiro atoms. The second kappa shape index (κ2) is 6.14. The maximum Gasteiger partial charge on any atom is 0.218 e. The highest BCUT2D eigenvalue weighted by Crippen LogP contribution is 2.21. The average molecular weight is 313 g/mol. The highest BCUT2D eigenvalue weighted by molar-refractivity contribution is 9.10. The number of aromatic nitrogens is 1. The Morgan fingerprint density at radius 2 is 2.41 bits per heavy atom. The molecule has 0 saturated carbocycles. The normalized spacial score (nSPS) is 10.5. The first-order valence-corrected chi connectivity index (χ1v) is 6.91. The van der Waals surface area contributed by atoms with Gasteiger partial charge >= 0.3 is 0 Å². The van der Waals surface area contributed by atoms with Gasteiger partial charge in [0.25, 0.3) is 0 Å². The predicted molar refractivity (Wildman–Crippen MR) is 73.4 cm³/mol. The Bertz CT molecular complexity index is 473. The summed E-state index contributed by atoms with van der Waals surface area (Å²) in [7, 11) is 1.91. The standard InChI is InChI=1S/C12H13BrN2OS/c1-14-6-9-5-10(13)7-15-12(9)16-8-11-3-2-4-17-11/h2-5,7,14H,6,8H2,1H3.